The fraction of sp³-hybridized carbons (Fsp3) is 0.333. The van der Waals surface area contributed by atoms with Gasteiger partial charge in [-0.15, -0.1) is 0 Å². The van der Waals surface area contributed by atoms with Crippen molar-refractivity contribution in [2.45, 2.75) is 39.7 Å². The van der Waals surface area contributed by atoms with Gasteiger partial charge in [0.1, 0.15) is 17.7 Å². The monoisotopic (exact) mass is 400 g/mol. The van der Waals surface area contributed by atoms with Gasteiger partial charge in [-0.05, 0) is 41.8 Å². The van der Waals surface area contributed by atoms with Crippen LogP contribution in [-0.4, -0.2) is 28.7 Å². The van der Waals surface area contributed by atoms with Gasteiger partial charge in [0.2, 0.25) is 17.7 Å². The summed E-state index contributed by atoms with van der Waals surface area (Å²) < 4.78 is 13.4. The zero-order valence-corrected chi connectivity index (χ0v) is 16.7. The van der Waals surface area contributed by atoms with Gasteiger partial charge in [0, 0.05) is 24.7 Å². The first-order chi connectivity index (χ1) is 13.6. The molecule has 1 aromatic carbocycles. The number of carbonyl (C=O) groups is 3. The molecule has 1 unspecified atom stereocenters. The van der Waals surface area contributed by atoms with Crippen LogP contribution in [0.4, 0.5) is 15.9 Å². The fourth-order valence-corrected chi connectivity index (χ4v) is 2.96. The summed E-state index contributed by atoms with van der Waals surface area (Å²) in [4.78, 5) is 42.6. The molecular formula is C21H25FN4O3. The Bertz CT molecular complexity index is 864. The standard InChI is InChI=1S/C21H25FN4O3/c1-21(2,3)19(20(23)29)26(15-9-7-14(22)8-10-15)18(28)12-11-17(27)25-16-6-4-5-13-24-16/h4-10,13,19H,11-12H2,1-3H3,(H2,23,29)(H,24,25,27). The summed E-state index contributed by atoms with van der Waals surface area (Å²) in [6, 6.07) is 9.31. The topological polar surface area (TPSA) is 105 Å². The van der Waals surface area contributed by atoms with E-state index in [1.165, 1.54) is 35.4 Å². The summed E-state index contributed by atoms with van der Waals surface area (Å²) in [7, 11) is 0. The molecule has 2 aromatic rings. The van der Waals surface area contributed by atoms with Gasteiger partial charge in [0.15, 0.2) is 0 Å². The lowest BCUT2D eigenvalue weighted by molar-refractivity contribution is -0.127. The van der Waals surface area contributed by atoms with E-state index in [0.29, 0.717) is 11.5 Å². The molecule has 2 rings (SSSR count). The molecular weight excluding hydrogens is 375 g/mol. The molecule has 0 saturated carbocycles. The van der Waals surface area contributed by atoms with Gasteiger partial charge in [0.25, 0.3) is 0 Å². The Morgan fingerprint density at radius 2 is 1.76 bits per heavy atom. The summed E-state index contributed by atoms with van der Waals surface area (Å²) in [5.41, 5.74) is 5.25. The van der Waals surface area contributed by atoms with Crippen molar-refractivity contribution in [3.05, 3.63) is 54.5 Å². The van der Waals surface area contributed by atoms with Crippen molar-refractivity contribution < 1.29 is 18.8 Å². The van der Waals surface area contributed by atoms with Gasteiger partial charge in [0.05, 0.1) is 0 Å². The number of benzene rings is 1. The zero-order chi connectivity index (χ0) is 21.6. The normalized spacial score (nSPS) is 12.1. The molecule has 3 amide bonds. The van der Waals surface area contributed by atoms with Crippen LogP contribution in [0.1, 0.15) is 33.6 Å². The Morgan fingerprint density at radius 1 is 1.10 bits per heavy atom. The van der Waals surface area contributed by atoms with Gasteiger partial charge in [-0.25, -0.2) is 9.37 Å². The summed E-state index contributed by atoms with van der Waals surface area (Å²) in [6.45, 7) is 5.33. The number of nitrogens with zero attached hydrogens (tertiary/aromatic N) is 2. The minimum atomic E-state index is -0.973. The third-order valence-electron chi connectivity index (χ3n) is 4.22. The molecule has 1 aromatic heterocycles. The quantitative estimate of drug-likeness (QED) is 0.745. The first-order valence-corrected chi connectivity index (χ1v) is 9.17. The highest BCUT2D eigenvalue weighted by Crippen LogP contribution is 2.30. The Morgan fingerprint density at radius 3 is 2.28 bits per heavy atom. The first-order valence-electron chi connectivity index (χ1n) is 9.17. The molecule has 0 radical (unpaired) electrons. The van der Waals surface area contributed by atoms with E-state index in [0.717, 1.165) is 0 Å². The number of anilines is 2. The molecule has 0 bridgehead atoms. The maximum absolute atomic E-state index is 13.4. The van der Waals surface area contributed by atoms with Crippen molar-refractivity contribution in [1.29, 1.82) is 0 Å². The second kappa shape index (κ2) is 9.27. The zero-order valence-electron chi connectivity index (χ0n) is 16.7. The molecule has 0 aliphatic carbocycles. The minimum absolute atomic E-state index is 0.108. The molecule has 8 heteroatoms. The highest BCUT2D eigenvalue weighted by Gasteiger charge is 2.38. The number of rotatable bonds is 7. The number of nitrogens with one attached hydrogen (secondary N) is 1. The predicted molar refractivity (Wildman–Crippen MR) is 108 cm³/mol. The number of hydrogen-bond donors (Lipinski definition) is 2. The summed E-state index contributed by atoms with van der Waals surface area (Å²) in [5.74, 6) is -1.63. The van der Waals surface area contributed by atoms with Gasteiger partial charge < -0.3 is 11.1 Å². The number of hydrogen-bond acceptors (Lipinski definition) is 4. The summed E-state index contributed by atoms with van der Waals surface area (Å²) >= 11 is 0. The Kier molecular flexibility index (Phi) is 7.03. The number of pyridine rings is 1. The maximum atomic E-state index is 13.4. The Labute approximate surface area is 169 Å². The molecule has 1 heterocycles. The molecule has 0 spiro atoms. The van der Waals surface area contributed by atoms with Crippen LogP contribution in [0.15, 0.2) is 48.7 Å². The van der Waals surface area contributed by atoms with Gasteiger partial charge in [-0.1, -0.05) is 26.8 Å². The number of carbonyl (C=O) groups excluding carboxylic acids is 3. The van der Waals surface area contributed by atoms with Crippen molar-refractivity contribution in [3.8, 4) is 0 Å². The van der Waals surface area contributed by atoms with Crippen LogP contribution >= 0.6 is 0 Å². The lowest BCUT2D eigenvalue weighted by atomic mass is 9.84. The van der Waals surface area contributed by atoms with Crippen LogP contribution in [0.3, 0.4) is 0 Å². The van der Waals surface area contributed by atoms with Crippen LogP contribution in [0.25, 0.3) is 0 Å². The lowest BCUT2D eigenvalue weighted by Gasteiger charge is -2.38. The fourth-order valence-electron chi connectivity index (χ4n) is 2.96. The van der Waals surface area contributed by atoms with Crippen molar-refractivity contribution in [3.63, 3.8) is 0 Å². The molecule has 7 nitrogen and oxygen atoms in total. The minimum Gasteiger partial charge on any atom is -0.368 e. The molecule has 3 N–H and O–H groups in total. The van der Waals surface area contributed by atoms with E-state index in [1.54, 1.807) is 39.0 Å². The Hall–Kier alpha value is -3.29. The Balaban J connectivity index is 2.21. The van der Waals surface area contributed by atoms with Crippen molar-refractivity contribution >= 4 is 29.2 Å². The molecule has 29 heavy (non-hydrogen) atoms. The van der Waals surface area contributed by atoms with Crippen LogP contribution in [0, 0.1) is 11.2 Å². The average Bonchev–Trinajstić information content (AvgIpc) is 2.64. The number of aromatic nitrogens is 1. The maximum Gasteiger partial charge on any atom is 0.241 e. The second-order valence-corrected chi connectivity index (χ2v) is 7.67. The second-order valence-electron chi connectivity index (χ2n) is 7.67. The van der Waals surface area contributed by atoms with Gasteiger partial charge in [-0.2, -0.15) is 0 Å². The van der Waals surface area contributed by atoms with E-state index in [-0.39, 0.29) is 18.7 Å². The van der Waals surface area contributed by atoms with Crippen LogP contribution in [0.5, 0.6) is 0 Å². The number of primary amides is 1. The number of halogens is 1. The summed E-state index contributed by atoms with van der Waals surface area (Å²) in [5, 5.41) is 2.60. The molecule has 154 valence electrons. The molecule has 0 fully saturated rings. The average molecular weight is 400 g/mol. The van der Waals surface area contributed by atoms with E-state index < -0.39 is 29.1 Å². The summed E-state index contributed by atoms with van der Waals surface area (Å²) in [6.07, 6.45) is 1.27. The SMILES string of the molecule is CC(C)(C)C(C(N)=O)N(C(=O)CCC(=O)Nc1ccccn1)c1ccc(F)cc1. The molecule has 0 aliphatic rings. The third-order valence-corrected chi connectivity index (χ3v) is 4.22. The third kappa shape index (κ3) is 6.10. The van der Waals surface area contributed by atoms with Crippen molar-refractivity contribution in [2.24, 2.45) is 11.1 Å². The highest BCUT2D eigenvalue weighted by molar-refractivity contribution is 6.02. The van der Waals surface area contributed by atoms with E-state index in [2.05, 4.69) is 10.3 Å². The van der Waals surface area contributed by atoms with E-state index in [1.807, 2.05) is 0 Å². The van der Waals surface area contributed by atoms with Gasteiger partial charge >= 0.3 is 0 Å². The molecule has 0 saturated heterocycles. The van der Waals surface area contributed by atoms with Gasteiger partial charge in [-0.3, -0.25) is 19.3 Å². The van der Waals surface area contributed by atoms with Crippen LogP contribution in [-0.2, 0) is 14.4 Å². The number of nitrogens with two attached hydrogens (primary N) is 1. The van der Waals surface area contributed by atoms with Crippen molar-refractivity contribution in [1.82, 2.24) is 4.98 Å². The first kappa shape index (κ1) is 22.0. The van der Waals surface area contributed by atoms with Crippen LogP contribution < -0.4 is 16.0 Å². The predicted octanol–water partition coefficient (Wildman–Crippen LogP) is 2.87. The van der Waals surface area contributed by atoms with E-state index >= 15 is 0 Å². The lowest BCUT2D eigenvalue weighted by Crippen LogP contribution is -2.55. The molecule has 0 aliphatic heterocycles. The van der Waals surface area contributed by atoms with Crippen LogP contribution in [0.2, 0.25) is 0 Å². The largest absolute Gasteiger partial charge is 0.368 e. The van der Waals surface area contributed by atoms with E-state index in [9.17, 15) is 18.8 Å². The van der Waals surface area contributed by atoms with E-state index in [4.69, 9.17) is 5.73 Å². The van der Waals surface area contributed by atoms with Crippen molar-refractivity contribution in [2.75, 3.05) is 10.2 Å². The number of amides is 3. The highest BCUT2D eigenvalue weighted by atomic mass is 19.1. The molecule has 1 atom stereocenters. The smallest absolute Gasteiger partial charge is 0.241 e.